The quantitative estimate of drug-likeness (QED) is 0.389. The normalized spacial score (nSPS) is 17.4. The molecule has 1 saturated carbocycles. The van der Waals surface area contributed by atoms with Gasteiger partial charge in [-0.15, -0.1) is 0 Å². The van der Waals surface area contributed by atoms with E-state index in [9.17, 15) is 0 Å². The van der Waals surface area contributed by atoms with Crippen molar-refractivity contribution in [3.63, 3.8) is 0 Å². The van der Waals surface area contributed by atoms with Crippen LogP contribution < -0.4 is 0 Å². The van der Waals surface area contributed by atoms with Gasteiger partial charge < -0.3 is 0 Å². The summed E-state index contributed by atoms with van der Waals surface area (Å²) in [5.74, 6) is 0.945. The third kappa shape index (κ3) is 4.72. The van der Waals surface area contributed by atoms with Crippen molar-refractivity contribution in [1.29, 1.82) is 0 Å². The molecule has 0 aromatic carbocycles. The van der Waals surface area contributed by atoms with E-state index >= 15 is 0 Å². The third-order valence-electron chi connectivity index (χ3n) is 4.04. The van der Waals surface area contributed by atoms with Crippen LogP contribution in [0.2, 0.25) is 0 Å². The first-order valence-corrected chi connectivity index (χ1v) is 7.42. The number of unbranched alkanes of at least 4 members (excludes halogenated alkanes) is 3. The summed E-state index contributed by atoms with van der Waals surface area (Å²) in [5.41, 5.74) is 3.43. The largest absolute Gasteiger partial charge is 0.0770 e. The fraction of sp³-hybridized carbons (Fsp3) is 0.875. The van der Waals surface area contributed by atoms with Gasteiger partial charge in [0, 0.05) is 0 Å². The van der Waals surface area contributed by atoms with Gasteiger partial charge in [-0.05, 0) is 45.4 Å². The molecule has 1 fully saturated rings. The molecular formula is C16H30. The summed E-state index contributed by atoms with van der Waals surface area (Å²) >= 11 is 0. The molecule has 1 aliphatic rings. The highest BCUT2D eigenvalue weighted by Gasteiger charge is 2.18. The Labute approximate surface area is 103 Å². The first-order valence-electron chi connectivity index (χ1n) is 7.42. The predicted molar refractivity (Wildman–Crippen MR) is 73.7 cm³/mol. The second-order valence-corrected chi connectivity index (χ2v) is 5.67. The van der Waals surface area contributed by atoms with Gasteiger partial charge in [0.1, 0.15) is 0 Å². The van der Waals surface area contributed by atoms with Crippen LogP contribution in [0.4, 0.5) is 0 Å². The number of hydrogen-bond acceptors (Lipinski definition) is 0. The molecule has 0 atom stereocenters. The summed E-state index contributed by atoms with van der Waals surface area (Å²) in [6.45, 7) is 6.94. The van der Waals surface area contributed by atoms with Crippen molar-refractivity contribution in [3.8, 4) is 0 Å². The molecule has 0 aliphatic heterocycles. The molecule has 94 valence electrons. The van der Waals surface area contributed by atoms with Crippen LogP contribution in [-0.2, 0) is 0 Å². The van der Waals surface area contributed by atoms with Crippen molar-refractivity contribution in [3.05, 3.63) is 11.1 Å². The van der Waals surface area contributed by atoms with Gasteiger partial charge in [0.15, 0.2) is 0 Å². The van der Waals surface area contributed by atoms with Crippen molar-refractivity contribution in [2.24, 2.45) is 5.92 Å². The smallest absolute Gasteiger partial charge is 0.0201 e. The molecule has 0 nitrogen and oxygen atoms in total. The van der Waals surface area contributed by atoms with Crippen LogP contribution in [-0.4, -0.2) is 0 Å². The Hall–Kier alpha value is -0.260. The van der Waals surface area contributed by atoms with Gasteiger partial charge in [-0.25, -0.2) is 0 Å². The minimum atomic E-state index is 0.945. The molecule has 0 unspecified atom stereocenters. The molecule has 0 N–H and O–H groups in total. The maximum Gasteiger partial charge on any atom is -0.0201 e. The van der Waals surface area contributed by atoms with E-state index in [1.165, 1.54) is 64.2 Å². The minimum absolute atomic E-state index is 0.945. The van der Waals surface area contributed by atoms with Crippen LogP contribution in [0.1, 0.15) is 85.0 Å². The summed E-state index contributed by atoms with van der Waals surface area (Å²) in [6.07, 6.45) is 14.4. The summed E-state index contributed by atoms with van der Waals surface area (Å²) in [5, 5.41) is 0. The lowest BCUT2D eigenvalue weighted by atomic mass is 9.80. The van der Waals surface area contributed by atoms with Crippen molar-refractivity contribution in [2.45, 2.75) is 85.0 Å². The topological polar surface area (TPSA) is 0 Å². The highest BCUT2D eigenvalue weighted by molar-refractivity contribution is 5.14. The van der Waals surface area contributed by atoms with Gasteiger partial charge in [-0.1, -0.05) is 56.6 Å². The van der Waals surface area contributed by atoms with Gasteiger partial charge in [0.2, 0.25) is 0 Å². The van der Waals surface area contributed by atoms with Crippen molar-refractivity contribution >= 4 is 0 Å². The van der Waals surface area contributed by atoms with E-state index in [2.05, 4.69) is 20.8 Å². The maximum atomic E-state index is 2.32. The molecule has 0 spiro atoms. The summed E-state index contributed by atoms with van der Waals surface area (Å²) < 4.78 is 0. The first kappa shape index (κ1) is 13.8. The Kier molecular flexibility index (Phi) is 6.84. The van der Waals surface area contributed by atoms with Crippen LogP contribution in [0.3, 0.4) is 0 Å². The van der Waals surface area contributed by atoms with Gasteiger partial charge in [0.25, 0.3) is 0 Å². The SMILES string of the molecule is CCCCCCC(=C(C)C)C1CCCCC1. The van der Waals surface area contributed by atoms with Crippen molar-refractivity contribution < 1.29 is 0 Å². The lowest BCUT2D eigenvalue weighted by Crippen LogP contribution is -2.10. The zero-order valence-electron chi connectivity index (χ0n) is 11.6. The summed E-state index contributed by atoms with van der Waals surface area (Å²) in [4.78, 5) is 0. The Morgan fingerprint density at radius 1 is 0.938 bits per heavy atom. The average molecular weight is 222 g/mol. The second kappa shape index (κ2) is 7.92. The summed E-state index contributed by atoms with van der Waals surface area (Å²) in [7, 11) is 0. The van der Waals surface area contributed by atoms with E-state index in [-0.39, 0.29) is 0 Å². The first-order chi connectivity index (χ1) is 7.75. The Morgan fingerprint density at radius 2 is 1.62 bits per heavy atom. The second-order valence-electron chi connectivity index (χ2n) is 5.67. The van der Waals surface area contributed by atoms with Crippen LogP contribution in [0, 0.1) is 5.92 Å². The third-order valence-corrected chi connectivity index (χ3v) is 4.04. The maximum absolute atomic E-state index is 2.32. The zero-order chi connectivity index (χ0) is 11.8. The van der Waals surface area contributed by atoms with E-state index in [1.807, 2.05) is 5.57 Å². The van der Waals surface area contributed by atoms with E-state index < -0.39 is 0 Å². The van der Waals surface area contributed by atoms with Gasteiger partial charge in [0.05, 0.1) is 0 Å². The standard InChI is InChI=1S/C16H30/c1-4-5-6-10-13-16(14(2)3)15-11-8-7-9-12-15/h15H,4-13H2,1-3H3. The molecule has 1 aliphatic carbocycles. The molecular weight excluding hydrogens is 192 g/mol. The lowest BCUT2D eigenvalue weighted by molar-refractivity contribution is 0.389. The zero-order valence-corrected chi connectivity index (χ0v) is 11.6. The van der Waals surface area contributed by atoms with Crippen molar-refractivity contribution in [1.82, 2.24) is 0 Å². The van der Waals surface area contributed by atoms with E-state index in [4.69, 9.17) is 0 Å². The molecule has 0 heterocycles. The monoisotopic (exact) mass is 222 g/mol. The van der Waals surface area contributed by atoms with Crippen LogP contribution in [0.5, 0.6) is 0 Å². The molecule has 0 aromatic rings. The van der Waals surface area contributed by atoms with Crippen LogP contribution in [0.15, 0.2) is 11.1 Å². The fourth-order valence-corrected chi connectivity index (χ4v) is 3.06. The predicted octanol–water partition coefficient (Wildman–Crippen LogP) is 5.87. The van der Waals surface area contributed by atoms with Crippen LogP contribution in [0.25, 0.3) is 0 Å². The van der Waals surface area contributed by atoms with Gasteiger partial charge >= 0.3 is 0 Å². The average Bonchev–Trinajstić information content (AvgIpc) is 2.30. The summed E-state index contributed by atoms with van der Waals surface area (Å²) in [6, 6.07) is 0. The van der Waals surface area contributed by atoms with E-state index in [0.29, 0.717) is 0 Å². The Balaban J connectivity index is 2.38. The Morgan fingerprint density at radius 3 is 2.19 bits per heavy atom. The van der Waals surface area contributed by atoms with E-state index in [0.717, 1.165) is 5.92 Å². The molecule has 16 heavy (non-hydrogen) atoms. The lowest BCUT2D eigenvalue weighted by Gasteiger charge is -2.26. The molecule has 0 bridgehead atoms. The number of rotatable bonds is 6. The number of allylic oxidation sites excluding steroid dienone is 2. The highest BCUT2D eigenvalue weighted by Crippen LogP contribution is 2.34. The molecule has 0 aromatic heterocycles. The molecule has 0 saturated heterocycles. The molecule has 0 heteroatoms. The fourth-order valence-electron chi connectivity index (χ4n) is 3.06. The Bertz CT molecular complexity index is 202. The highest BCUT2D eigenvalue weighted by atomic mass is 14.2. The molecule has 1 rings (SSSR count). The van der Waals surface area contributed by atoms with Crippen LogP contribution >= 0.6 is 0 Å². The number of hydrogen-bond donors (Lipinski definition) is 0. The van der Waals surface area contributed by atoms with Crippen molar-refractivity contribution in [2.75, 3.05) is 0 Å². The van der Waals surface area contributed by atoms with Gasteiger partial charge in [-0.2, -0.15) is 0 Å². The van der Waals surface area contributed by atoms with Gasteiger partial charge in [-0.3, -0.25) is 0 Å². The van der Waals surface area contributed by atoms with E-state index in [1.54, 1.807) is 5.57 Å². The molecule has 0 amide bonds. The minimum Gasteiger partial charge on any atom is -0.0770 e. The molecule has 0 radical (unpaired) electrons.